The summed E-state index contributed by atoms with van der Waals surface area (Å²) in [6, 6.07) is 2.81. The fourth-order valence-corrected chi connectivity index (χ4v) is 23.4. The molecule has 7 aliphatic heterocycles. The van der Waals surface area contributed by atoms with Crippen LogP contribution < -0.4 is 16.4 Å². The minimum absolute atomic E-state index is 0.0361. The Balaban J connectivity index is 0.000000501. The Morgan fingerprint density at radius 2 is 0.880 bits per heavy atom. The number of hydrogen-bond donors (Lipinski definition) is 6. The van der Waals surface area contributed by atoms with Gasteiger partial charge in [0.15, 0.2) is 33.9 Å². The molecule has 4 unspecified atom stereocenters. The number of nitrogens with two attached hydrogens (primary N) is 1. The summed E-state index contributed by atoms with van der Waals surface area (Å²) in [5.74, 6) is -2.12. The minimum Gasteiger partial charge on any atom is -0.463 e. The van der Waals surface area contributed by atoms with Crippen LogP contribution in [-0.4, -0.2) is 268 Å². The number of nitrogens with one attached hydrogen (secondary N) is 2. The fourth-order valence-electron chi connectivity index (χ4n) is 12.5. The van der Waals surface area contributed by atoms with Crippen molar-refractivity contribution in [2.24, 2.45) is 23.5 Å². The molecule has 7 N–H and O–H groups in total. The van der Waals surface area contributed by atoms with E-state index >= 15 is 0 Å². The minimum atomic E-state index is -4.03. The molecule has 0 bridgehead atoms. The Labute approximate surface area is 733 Å². The maximum absolute atomic E-state index is 12.9. The van der Waals surface area contributed by atoms with Gasteiger partial charge in [-0.2, -0.15) is 0 Å². The van der Waals surface area contributed by atoms with Crippen LogP contribution in [0.25, 0.3) is 0 Å². The van der Waals surface area contributed by atoms with E-state index < -0.39 is 130 Å². The van der Waals surface area contributed by atoms with Crippen molar-refractivity contribution in [3.63, 3.8) is 0 Å². The molecule has 0 radical (unpaired) electrons. The number of esters is 3. The molecular weight excluding hydrogens is 1750 g/mol. The van der Waals surface area contributed by atoms with E-state index in [4.69, 9.17) is 157 Å². The second-order valence-corrected chi connectivity index (χ2v) is 43.8. The topological polar surface area (TPSA) is 370 Å². The van der Waals surface area contributed by atoms with E-state index in [1.54, 1.807) is 61.5 Å². The first-order chi connectivity index (χ1) is 53.9. The number of aliphatic hydroxyl groups excluding tert-OH is 3. The third-order valence-electron chi connectivity index (χ3n) is 18.0. The summed E-state index contributed by atoms with van der Waals surface area (Å²) in [6.07, 6.45) is -2.11. The lowest BCUT2D eigenvalue weighted by Crippen LogP contribution is -2.56. The number of fused-ring (bicyclic) bond motifs is 2. The molecule has 117 heavy (non-hydrogen) atoms. The lowest BCUT2D eigenvalue weighted by Gasteiger charge is -2.45. The van der Waals surface area contributed by atoms with Gasteiger partial charge in [-0.3, -0.25) is 60.7 Å². The Morgan fingerprint density at radius 1 is 0.547 bits per heavy atom. The van der Waals surface area contributed by atoms with Crippen LogP contribution in [0.3, 0.4) is 0 Å². The van der Waals surface area contributed by atoms with Crippen LogP contribution in [0.15, 0.2) is 24.6 Å². The van der Waals surface area contributed by atoms with Crippen LogP contribution in [0, 0.1) is 17.8 Å². The normalized spacial score (nSPS) is 27.9. The fraction of sp³-hybridized carbons (Fsp3) is 0.878. The Hall–Kier alpha value is -0.940. The number of amides is 4. The number of halogens is 7. The molecule has 4 amide bonds. The molecule has 43 heteroatoms. The van der Waals surface area contributed by atoms with Gasteiger partial charge in [0.1, 0.15) is 44.2 Å². The molecule has 0 aromatic carbocycles. The zero-order valence-corrected chi connectivity index (χ0v) is 82.2. The van der Waals surface area contributed by atoms with Crippen LogP contribution >= 0.6 is 113 Å². The van der Waals surface area contributed by atoms with Gasteiger partial charge in [0.05, 0.1) is 81.4 Å². The van der Waals surface area contributed by atoms with Gasteiger partial charge < -0.3 is 64.6 Å². The van der Waals surface area contributed by atoms with Gasteiger partial charge in [0, 0.05) is 80.5 Å². The van der Waals surface area contributed by atoms with E-state index in [9.17, 15) is 38.2 Å². The van der Waals surface area contributed by atoms with E-state index in [-0.39, 0.29) is 101 Å². The molecule has 0 aromatic heterocycles. The lowest BCUT2D eigenvalue weighted by atomic mass is 10.1. The van der Waals surface area contributed by atoms with Crippen molar-refractivity contribution in [1.82, 2.24) is 39.1 Å². The maximum Gasteiger partial charge on any atom is 0.475 e. The predicted octanol–water partition coefficient (Wildman–Crippen LogP) is 15.6. The first kappa shape index (κ1) is 112. The molecule has 0 saturated carbocycles. The standard InChI is InChI=1S/C18H27Cl2N2O8P.C17H26Cl2N3O8P.C13H31N2OP.C12H28ClN2P.C8H16O3.C6H10Cl2O3/c1-10(2)28-15(23)11(3)6-8-26-31(25)27-9-13-14(30-31)18(19,20)16(29-13)22-7-5-12(4)21-17(22)24;1-9(2)28-14(23)10(3)5-7-26-31(25)27-8-11-13(30-31)17(18,19)15(29-11)22-6-4-12(20)21-16(22)24;1-10(2)14(11(3)4)17(16-9)15(12(5)6)13(7)8;1-9(2)14(10(3)4)16(13)15(11(5)6)12(7)8;1-6(2)11-8(10)7(3)4-5-9;1-3-6(7,8)5(10)4(2-9)11-3/h5,7,10-14,16H,6,8-9H2,1-4H3,(H,21,24);4,6,9-13,15H,5,7-8,20H2,1-3H3,(H,21,24);10-13H,1-9H3;9-12H,1-8H3;6-7,9H,4-5H2,1-3H3;3-5,9-10H,2H2,1H3/t11-,12?,13+,14+,16+,31?;10-,11+,12?,13+,15+,31?;;;7-;3-,4+,5+/m00..00/s1. The highest BCUT2D eigenvalue weighted by Gasteiger charge is 2.65. The molecule has 32 nitrogen and oxygen atoms in total. The van der Waals surface area contributed by atoms with Gasteiger partial charge in [0.2, 0.25) is 0 Å². The number of nitrogens with zero attached hydrogens (tertiary/aromatic N) is 6. The summed E-state index contributed by atoms with van der Waals surface area (Å²) in [4.78, 5) is 61.7. The first-order valence-corrected chi connectivity index (χ1v) is 48.4. The van der Waals surface area contributed by atoms with Gasteiger partial charge in [-0.15, -0.1) is 0 Å². The zero-order valence-electron chi connectivity index (χ0n) is 73.3. The summed E-state index contributed by atoms with van der Waals surface area (Å²) in [6.45, 7) is 54.2. The van der Waals surface area contributed by atoms with Crippen molar-refractivity contribution in [3.8, 4) is 0 Å². The number of hydrogen-bond acceptors (Lipinski definition) is 28. The molecule has 16 atom stereocenters. The van der Waals surface area contributed by atoms with Gasteiger partial charge in [-0.1, -0.05) is 102 Å². The van der Waals surface area contributed by atoms with Crippen molar-refractivity contribution >= 4 is 142 Å². The zero-order chi connectivity index (χ0) is 90.2. The molecule has 7 aliphatic rings. The van der Waals surface area contributed by atoms with Crippen molar-refractivity contribution in [3.05, 3.63) is 24.6 Å². The highest BCUT2D eigenvalue weighted by atomic mass is 35.7. The second kappa shape index (κ2) is 51.2. The van der Waals surface area contributed by atoms with Crippen molar-refractivity contribution in [1.29, 1.82) is 0 Å². The van der Waals surface area contributed by atoms with Gasteiger partial charge in [0.25, 0.3) is 0 Å². The summed E-state index contributed by atoms with van der Waals surface area (Å²) < 4.78 is 101. The van der Waals surface area contributed by atoms with Crippen LogP contribution in [0.2, 0.25) is 0 Å². The number of phosphoric ester groups is 2. The van der Waals surface area contributed by atoms with Gasteiger partial charge >= 0.3 is 45.6 Å². The largest absolute Gasteiger partial charge is 0.475 e. The van der Waals surface area contributed by atoms with Gasteiger partial charge in [-0.25, -0.2) is 28.1 Å². The first-order valence-electron chi connectivity index (χ1n) is 39.9. The van der Waals surface area contributed by atoms with Gasteiger partial charge in [-0.05, 0) is 198 Å². The van der Waals surface area contributed by atoms with Crippen molar-refractivity contribution in [2.45, 2.75) is 353 Å². The quantitative estimate of drug-likeness (QED) is 0.0158. The SMILES string of the molecule is CC(C)N(C(C)C)P(Cl)N(C(C)C)C(C)C.CC(C)OC(=O)[C@@H](C)CCO.CC(C)OC(=O)[C@@H](C)CCOP1(=O)OC[C@H]2O[C@@H](N3C=CC(N)NC3=O)C(Cl)(Cl)[C@@H]2O1.CC1C=CN([C@@H]2O[C@@H]3COP(=O)(OCC[C@H](C)C(=O)OC(C)C)O[C@H]3C2(Cl)Cl)C(=O)N1.COP(N(C(C)C)C(C)C)N(C(C)C)C(C)C.C[C@@H]1O[C@H](CO)[C@@H](O)C1(Cl)Cl. The number of phosphoric acid groups is 2. The van der Waals surface area contributed by atoms with Crippen LogP contribution in [0.4, 0.5) is 9.59 Å². The number of aliphatic hydroxyl groups is 3. The van der Waals surface area contributed by atoms with Crippen LogP contribution in [-0.2, 0) is 83.6 Å². The molecular formula is C74H138Cl7N9O23P4. The Morgan fingerprint density at radius 3 is 1.15 bits per heavy atom. The maximum atomic E-state index is 12.9. The van der Waals surface area contributed by atoms with E-state index in [2.05, 4.69) is 140 Å². The number of ether oxygens (including phenoxy) is 6. The summed E-state index contributed by atoms with van der Waals surface area (Å²) in [5, 5.41) is 31.7. The third kappa shape index (κ3) is 34.0. The predicted molar refractivity (Wildman–Crippen MR) is 461 cm³/mol. The summed E-state index contributed by atoms with van der Waals surface area (Å²) in [7, 11) is -7.60. The smallest absolute Gasteiger partial charge is 0.463 e. The number of urea groups is 2. The average Bonchev–Trinajstić information content (AvgIpc) is 1.60. The van der Waals surface area contributed by atoms with Crippen molar-refractivity contribution < 1.29 is 109 Å². The number of rotatable bonds is 32. The Bertz CT molecular complexity index is 2990. The summed E-state index contributed by atoms with van der Waals surface area (Å²) in [5.41, 5.74) is 5.64. The highest BCUT2D eigenvalue weighted by molar-refractivity contribution is 7.80. The number of carbonyl (C=O) groups is 5. The lowest BCUT2D eigenvalue weighted by molar-refractivity contribution is -0.153. The van der Waals surface area contributed by atoms with E-state index in [0.717, 1.165) is 4.90 Å². The molecule has 5 saturated heterocycles. The monoisotopic (exact) mass is 1890 g/mol. The van der Waals surface area contributed by atoms with Crippen LogP contribution in [0.1, 0.15) is 206 Å². The second-order valence-electron chi connectivity index (χ2n) is 32.1. The molecule has 686 valence electrons. The Kier molecular flexibility index (Phi) is 49.0. The van der Waals surface area contributed by atoms with Crippen LogP contribution in [0.5, 0.6) is 0 Å². The third-order valence-corrected chi connectivity index (χ3v) is 30.2. The average molecular weight is 1890 g/mol. The molecule has 0 spiro atoms. The molecule has 7 heterocycles. The molecule has 7 rings (SSSR count). The molecule has 5 fully saturated rings. The summed E-state index contributed by atoms with van der Waals surface area (Å²) >= 11 is 44.1. The van der Waals surface area contributed by atoms with E-state index in [1.165, 1.54) is 23.4 Å². The molecule has 0 aromatic rings. The molecule has 0 aliphatic carbocycles. The van der Waals surface area contributed by atoms with Crippen molar-refractivity contribution in [2.75, 3.05) is 46.8 Å². The van der Waals surface area contributed by atoms with E-state index in [0.29, 0.717) is 54.8 Å². The highest BCUT2D eigenvalue weighted by Crippen LogP contribution is 2.62. The number of alkyl halides is 6. The number of carbonyl (C=O) groups excluding carboxylic acids is 5. The van der Waals surface area contributed by atoms with E-state index in [1.807, 2.05) is 27.9 Å².